The van der Waals surface area contributed by atoms with E-state index in [0.29, 0.717) is 6.42 Å². The molecule has 1 aromatic rings. The largest absolute Gasteiger partial charge is 0.355 e. The molecule has 0 heterocycles. The molecule has 0 bridgehead atoms. The molecule has 0 aliphatic carbocycles. The Balaban J connectivity index is 2.72. The van der Waals surface area contributed by atoms with Gasteiger partial charge in [-0.3, -0.25) is 4.55 Å². The third-order valence-corrected chi connectivity index (χ3v) is 3.35. The molecule has 0 radical (unpaired) electrons. The average Bonchev–Trinajstić information content (AvgIpc) is 2.28. The van der Waals surface area contributed by atoms with Crippen LogP contribution in [0.1, 0.15) is 19.4 Å². The fraction of sp³-hybridized carbons (Fsp3) is 0.364. The minimum Gasteiger partial charge on any atom is -0.355 e. The second-order valence-electron chi connectivity index (χ2n) is 4.37. The van der Waals surface area contributed by atoms with Crippen LogP contribution in [0.2, 0.25) is 0 Å². The van der Waals surface area contributed by atoms with Crippen molar-refractivity contribution in [3.05, 3.63) is 34.3 Å². The number of carbonyl (C=O) groups excluding carboxylic acids is 1. The van der Waals surface area contributed by atoms with Crippen LogP contribution in [0.3, 0.4) is 0 Å². The standard InChI is InChI=1S/C11H14BrNO4S/c1-11(2,10(14)17-13-18(15)16)7-8-5-3-4-6-9(8)12/h3-6,13H,7H2,1-2H3,(H,15,16). The number of hydrogen-bond donors (Lipinski definition) is 2. The molecular formula is C11H14BrNO4S. The molecule has 5 nitrogen and oxygen atoms in total. The third-order valence-electron chi connectivity index (χ3n) is 2.35. The Morgan fingerprint density at radius 1 is 1.50 bits per heavy atom. The molecule has 0 aromatic heterocycles. The maximum absolute atomic E-state index is 11.7. The zero-order valence-corrected chi connectivity index (χ0v) is 12.4. The summed E-state index contributed by atoms with van der Waals surface area (Å²) >= 11 is 1.03. The Morgan fingerprint density at radius 2 is 2.11 bits per heavy atom. The van der Waals surface area contributed by atoms with Crippen molar-refractivity contribution in [3.63, 3.8) is 0 Å². The van der Waals surface area contributed by atoms with Gasteiger partial charge in [-0.05, 0) is 36.8 Å². The van der Waals surface area contributed by atoms with Crippen LogP contribution in [0.4, 0.5) is 0 Å². The van der Waals surface area contributed by atoms with E-state index in [-0.39, 0.29) is 0 Å². The van der Waals surface area contributed by atoms with Gasteiger partial charge in [0.1, 0.15) is 0 Å². The summed E-state index contributed by atoms with van der Waals surface area (Å²) in [6.45, 7) is 3.41. The summed E-state index contributed by atoms with van der Waals surface area (Å²) in [4.78, 5) is 18.0. The Labute approximate surface area is 116 Å². The Bertz CT molecular complexity index is 464. The zero-order valence-electron chi connectivity index (χ0n) is 9.97. The normalized spacial score (nSPS) is 13.1. The predicted molar refractivity (Wildman–Crippen MR) is 71.6 cm³/mol. The molecule has 1 rings (SSSR count). The molecule has 0 saturated carbocycles. The van der Waals surface area contributed by atoms with E-state index >= 15 is 0 Å². The highest BCUT2D eigenvalue weighted by molar-refractivity contribution is 9.10. The summed E-state index contributed by atoms with van der Waals surface area (Å²) in [5, 5.41) is 0. The summed E-state index contributed by atoms with van der Waals surface area (Å²) in [6.07, 6.45) is 0.451. The van der Waals surface area contributed by atoms with Gasteiger partial charge in [-0.2, -0.15) is 0 Å². The lowest BCUT2D eigenvalue weighted by Gasteiger charge is -2.22. The molecule has 0 saturated heterocycles. The van der Waals surface area contributed by atoms with E-state index in [2.05, 4.69) is 20.8 Å². The van der Waals surface area contributed by atoms with Gasteiger partial charge in [-0.15, -0.1) is 0 Å². The first-order valence-electron chi connectivity index (χ1n) is 5.14. The first kappa shape index (κ1) is 15.3. The molecule has 0 fully saturated rings. The van der Waals surface area contributed by atoms with Crippen molar-refractivity contribution in [2.45, 2.75) is 20.3 Å². The number of halogens is 1. The smallest absolute Gasteiger partial charge is 0.332 e. The number of benzene rings is 1. The highest BCUT2D eigenvalue weighted by Crippen LogP contribution is 2.27. The lowest BCUT2D eigenvalue weighted by molar-refractivity contribution is -0.157. The SMILES string of the molecule is CC(C)(Cc1ccccc1Br)C(=O)ONS(=O)O. The topological polar surface area (TPSA) is 75.6 Å². The quantitative estimate of drug-likeness (QED) is 0.638. The number of carbonyl (C=O) groups is 1. The van der Waals surface area contributed by atoms with Crippen LogP contribution in [-0.4, -0.2) is 14.7 Å². The number of rotatable bonds is 5. The second kappa shape index (κ2) is 6.42. The molecular weight excluding hydrogens is 322 g/mol. The zero-order chi connectivity index (χ0) is 13.8. The monoisotopic (exact) mass is 335 g/mol. The molecule has 18 heavy (non-hydrogen) atoms. The van der Waals surface area contributed by atoms with Crippen molar-refractivity contribution in [3.8, 4) is 0 Å². The van der Waals surface area contributed by atoms with E-state index in [4.69, 9.17) is 4.55 Å². The van der Waals surface area contributed by atoms with Crippen molar-refractivity contribution in [1.82, 2.24) is 4.89 Å². The summed E-state index contributed by atoms with van der Waals surface area (Å²) in [7, 11) is 0. The van der Waals surface area contributed by atoms with E-state index in [1.165, 1.54) is 0 Å². The lowest BCUT2D eigenvalue weighted by atomic mass is 9.86. The Hall–Kier alpha value is -0.760. The first-order chi connectivity index (χ1) is 8.33. The van der Waals surface area contributed by atoms with Gasteiger partial charge < -0.3 is 4.84 Å². The van der Waals surface area contributed by atoms with Crippen LogP contribution >= 0.6 is 15.9 Å². The Morgan fingerprint density at radius 3 is 2.67 bits per heavy atom. The minimum absolute atomic E-state index is 0.451. The molecule has 0 aliphatic heterocycles. The van der Waals surface area contributed by atoms with E-state index in [1.54, 1.807) is 18.7 Å². The van der Waals surface area contributed by atoms with E-state index in [1.807, 2.05) is 24.3 Å². The molecule has 0 amide bonds. The summed E-state index contributed by atoms with van der Waals surface area (Å²) in [5.41, 5.74) is 0.153. The van der Waals surface area contributed by atoms with Gasteiger partial charge in [0, 0.05) is 4.47 Å². The third kappa shape index (κ3) is 4.49. The molecule has 2 N–H and O–H groups in total. The predicted octanol–water partition coefficient (Wildman–Crippen LogP) is 2.20. The summed E-state index contributed by atoms with van der Waals surface area (Å²) in [6, 6.07) is 7.55. The van der Waals surface area contributed by atoms with E-state index < -0.39 is 22.7 Å². The number of nitrogens with one attached hydrogen (secondary N) is 1. The fourth-order valence-corrected chi connectivity index (χ4v) is 1.97. The summed E-state index contributed by atoms with van der Waals surface area (Å²) < 4.78 is 19.7. The van der Waals surface area contributed by atoms with Gasteiger partial charge in [-0.25, -0.2) is 9.00 Å². The lowest BCUT2D eigenvalue weighted by Crippen LogP contribution is -2.34. The van der Waals surface area contributed by atoms with Crippen LogP contribution < -0.4 is 4.89 Å². The van der Waals surface area contributed by atoms with Crippen molar-refractivity contribution in [2.75, 3.05) is 0 Å². The molecule has 1 atom stereocenters. The molecule has 100 valence electrons. The van der Waals surface area contributed by atoms with Crippen molar-refractivity contribution < 1.29 is 18.4 Å². The van der Waals surface area contributed by atoms with E-state index in [0.717, 1.165) is 10.0 Å². The molecule has 0 spiro atoms. The maximum Gasteiger partial charge on any atom is 0.332 e. The highest BCUT2D eigenvalue weighted by Gasteiger charge is 2.31. The fourth-order valence-electron chi connectivity index (χ4n) is 1.40. The van der Waals surface area contributed by atoms with Gasteiger partial charge in [0.2, 0.25) is 0 Å². The van der Waals surface area contributed by atoms with Crippen LogP contribution in [-0.2, 0) is 27.3 Å². The van der Waals surface area contributed by atoms with Crippen molar-refractivity contribution >= 4 is 33.2 Å². The van der Waals surface area contributed by atoms with Gasteiger partial charge in [-0.1, -0.05) is 34.1 Å². The molecule has 1 unspecified atom stereocenters. The van der Waals surface area contributed by atoms with Gasteiger partial charge >= 0.3 is 5.97 Å². The van der Waals surface area contributed by atoms with Gasteiger partial charge in [0.25, 0.3) is 11.3 Å². The van der Waals surface area contributed by atoms with E-state index in [9.17, 15) is 9.00 Å². The first-order valence-corrected chi connectivity index (χ1v) is 7.04. The minimum atomic E-state index is -2.37. The van der Waals surface area contributed by atoms with Crippen molar-refractivity contribution in [1.29, 1.82) is 0 Å². The number of hydrogen-bond acceptors (Lipinski definition) is 3. The molecule has 1 aromatic carbocycles. The maximum atomic E-state index is 11.7. The Kier molecular flexibility index (Phi) is 5.46. The van der Waals surface area contributed by atoms with Crippen LogP contribution in [0.5, 0.6) is 0 Å². The van der Waals surface area contributed by atoms with Crippen LogP contribution in [0, 0.1) is 5.41 Å². The van der Waals surface area contributed by atoms with Gasteiger partial charge in [0.15, 0.2) is 0 Å². The van der Waals surface area contributed by atoms with Gasteiger partial charge in [0.05, 0.1) is 5.41 Å². The van der Waals surface area contributed by atoms with Crippen molar-refractivity contribution in [2.24, 2.45) is 5.41 Å². The molecule has 0 aliphatic rings. The van der Waals surface area contributed by atoms with Crippen LogP contribution in [0.25, 0.3) is 0 Å². The highest BCUT2D eigenvalue weighted by atomic mass is 79.9. The van der Waals surface area contributed by atoms with Crippen LogP contribution in [0.15, 0.2) is 28.7 Å². The molecule has 7 heteroatoms. The summed E-state index contributed by atoms with van der Waals surface area (Å²) in [5.74, 6) is -0.597. The average molecular weight is 336 g/mol. The second-order valence-corrected chi connectivity index (χ2v) is 5.89.